The average Bonchev–Trinajstić information content (AvgIpc) is 2.84. The lowest BCUT2D eigenvalue weighted by Crippen LogP contribution is -1.86. The highest BCUT2D eigenvalue weighted by Gasteiger charge is 1.93. The fourth-order valence-electron chi connectivity index (χ4n) is 3.43. The predicted octanol–water partition coefficient (Wildman–Crippen LogP) is 7.02. The Balaban J connectivity index is 0.000000118. The zero-order valence-corrected chi connectivity index (χ0v) is 19.1. The summed E-state index contributed by atoms with van der Waals surface area (Å²) in [7, 11) is 0. The van der Waals surface area contributed by atoms with Crippen LogP contribution in [0.4, 0.5) is 0 Å². The summed E-state index contributed by atoms with van der Waals surface area (Å²) in [5.74, 6) is 0.823. The van der Waals surface area contributed by atoms with Crippen LogP contribution in [-0.2, 0) is 0 Å². The van der Waals surface area contributed by atoms with Gasteiger partial charge in [0.25, 0.3) is 0 Å². The van der Waals surface area contributed by atoms with E-state index in [1.54, 1.807) is 0 Å². The van der Waals surface area contributed by atoms with Crippen LogP contribution in [-0.4, -0.2) is 19.9 Å². The lowest BCUT2D eigenvalue weighted by molar-refractivity contribution is 1.09. The molecule has 3 heterocycles. The van der Waals surface area contributed by atoms with Gasteiger partial charge >= 0.3 is 0 Å². The highest BCUT2D eigenvalue weighted by molar-refractivity contribution is 5.81. The van der Waals surface area contributed by atoms with Crippen LogP contribution in [0.1, 0.15) is 17.2 Å². The van der Waals surface area contributed by atoms with Crippen molar-refractivity contribution in [1.29, 1.82) is 0 Å². The number of hydrogen-bond donors (Lipinski definition) is 0. The van der Waals surface area contributed by atoms with Crippen LogP contribution in [0.5, 0.6) is 0 Å². The Bertz CT molecular complexity index is 1320. The second-order valence-electron chi connectivity index (χ2n) is 7.79. The highest BCUT2D eigenvalue weighted by Crippen LogP contribution is 2.12. The van der Waals surface area contributed by atoms with Gasteiger partial charge in [-0.3, -0.25) is 9.97 Å². The molecule has 33 heavy (non-hydrogen) atoms. The fraction of sp³-hybridized carbons (Fsp3) is 0.103. The number of fused-ring (bicyclic) bond motifs is 3. The third kappa shape index (κ3) is 5.95. The second-order valence-corrected chi connectivity index (χ2v) is 7.79. The molecule has 0 unspecified atom stereocenters. The standard InChI is InChI=1S/2C10H9N.C9H8N2/c1-8-6-9-4-2-3-5-10(9)7-11-8;1-8-6-7-9-4-2-3-5-10(9)11-8;1-7-10-6-8-4-2-3-5-9(8)11-7/h2*2-7H,1H3;2-6H,1H3. The molecule has 0 aliphatic carbocycles. The van der Waals surface area contributed by atoms with Gasteiger partial charge < -0.3 is 0 Å². The Morgan fingerprint density at radius 3 is 1.79 bits per heavy atom. The van der Waals surface area contributed by atoms with Crippen LogP contribution in [0.2, 0.25) is 0 Å². The molecule has 0 atom stereocenters. The van der Waals surface area contributed by atoms with Crippen LogP contribution in [0.3, 0.4) is 0 Å². The van der Waals surface area contributed by atoms with E-state index in [0.29, 0.717) is 0 Å². The Hall–Kier alpha value is -4.18. The first-order valence-electron chi connectivity index (χ1n) is 10.9. The van der Waals surface area contributed by atoms with Gasteiger partial charge in [-0.15, -0.1) is 0 Å². The molecule has 6 rings (SSSR count). The van der Waals surface area contributed by atoms with E-state index >= 15 is 0 Å². The molecule has 0 saturated heterocycles. The van der Waals surface area contributed by atoms with Gasteiger partial charge in [-0.25, -0.2) is 9.97 Å². The largest absolute Gasteiger partial charge is 0.261 e. The van der Waals surface area contributed by atoms with Gasteiger partial charge in [-0.05, 0) is 50.4 Å². The van der Waals surface area contributed by atoms with Gasteiger partial charge in [-0.2, -0.15) is 0 Å². The summed E-state index contributed by atoms with van der Waals surface area (Å²) in [5, 5.41) is 4.77. The SMILES string of the molecule is Cc1cc2ccccc2cn1.Cc1ccc2ccccc2n1.Cc1ncc2ccccc2n1. The normalized spacial score (nSPS) is 10.3. The van der Waals surface area contributed by atoms with Crippen molar-refractivity contribution in [2.75, 3.05) is 0 Å². The third-order valence-corrected chi connectivity index (χ3v) is 5.11. The molecule has 0 radical (unpaired) electrons. The molecule has 0 aliphatic rings. The minimum atomic E-state index is 0.823. The number of para-hydroxylation sites is 2. The highest BCUT2D eigenvalue weighted by atomic mass is 14.9. The van der Waals surface area contributed by atoms with E-state index in [1.165, 1.54) is 16.2 Å². The Morgan fingerprint density at radius 2 is 1.03 bits per heavy atom. The summed E-state index contributed by atoms with van der Waals surface area (Å²) in [6.07, 6.45) is 3.75. The topological polar surface area (TPSA) is 51.6 Å². The maximum atomic E-state index is 4.38. The first-order chi connectivity index (χ1) is 16.1. The molecule has 3 aromatic heterocycles. The van der Waals surface area contributed by atoms with Crippen molar-refractivity contribution in [1.82, 2.24) is 19.9 Å². The smallest absolute Gasteiger partial charge is 0.125 e. The molecule has 0 saturated carbocycles. The van der Waals surface area contributed by atoms with Crippen molar-refractivity contribution in [3.63, 3.8) is 0 Å². The van der Waals surface area contributed by atoms with Crippen molar-refractivity contribution < 1.29 is 0 Å². The third-order valence-electron chi connectivity index (χ3n) is 5.11. The van der Waals surface area contributed by atoms with Crippen LogP contribution in [0, 0.1) is 20.8 Å². The van der Waals surface area contributed by atoms with E-state index in [1.807, 2.05) is 93.8 Å². The molecule has 0 aliphatic heterocycles. The van der Waals surface area contributed by atoms with E-state index in [9.17, 15) is 0 Å². The van der Waals surface area contributed by atoms with E-state index in [-0.39, 0.29) is 0 Å². The van der Waals surface area contributed by atoms with Crippen molar-refractivity contribution in [2.24, 2.45) is 0 Å². The number of rotatable bonds is 0. The summed E-state index contributed by atoms with van der Waals surface area (Å²) in [6, 6.07) is 30.6. The minimum Gasteiger partial charge on any atom is -0.261 e. The molecule has 162 valence electrons. The maximum absolute atomic E-state index is 4.38. The van der Waals surface area contributed by atoms with Crippen molar-refractivity contribution in [3.05, 3.63) is 121 Å². The van der Waals surface area contributed by atoms with E-state index in [2.05, 4.69) is 50.3 Å². The lowest BCUT2D eigenvalue weighted by atomic mass is 10.1. The van der Waals surface area contributed by atoms with Gasteiger partial charge in [-0.1, -0.05) is 66.7 Å². The van der Waals surface area contributed by atoms with Crippen LogP contribution >= 0.6 is 0 Å². The monoisotopic (exact) mass is 430 g/mol. The molecule has 0 bridgehead atoms. The Kier molecular flexibility index (Phi) is 6.96. The average molecular weight is 431 g/mol. The van der Waals surface area contributed by atoms with Gasteiger partial charge in [0, 0.05) is 39.9 Å². The number of pyridine rings is 2. The summed E-state index contributed by atoms with van der Waals surface area (Å²) < 4.78 is 0. The van der Waals surface area contributed by atoms with Gasteiger partial charge in [0.2, 0.25) is 0 Å². The summed E-state index contributed by atoms with van der Waals surface area (Å²) >= 11 is 0. The van der Waals surface area contributed by atoms with E-state index < -0.39 is 0 Å². The van der Waals surface area contributed by atoms with Crippen molar-refractivity contribution in [2.45, 2.75) is 20.8 Å². The second kappa shape index (κ2) is 10.4. The van der Waals surface area contributed by atoms with Gasteiger partial charge in [0.05, 0.1) is 11.0 Å². The van der Waals surface area contributed by atoms with Crippen molar-refractivity contribution >= 4 is 32.6 Å². The summed E-state index contributed by atoms with van der Waals surface area (Å²) in [4.78, 5) is 16.9. The molecule has 4 nitrogen and oxygen atoms in total. The first kappa shape index (κ1) is 22.0. The minimum absolute atomic E-state index is 0.823. The molecule has 3 aromatic carbocycles. The van der Waals surface area contributed by atoms with E-state index in [0.717, 1.165) is 33.6 Å². The Labute approximate surface area is 194 Å². The molecule has 0 fully saturated rings. The zero-order chi connectivity index (χ0) is 23.0. The van der Waals surface area contributed by atoms with Gasteiger partial charge in [0.1, 0.15) is 5.82 Å². The number of aromatic nitrogens is 4. The zero-order valence-electron chi connectivity index (χ0n) is 19.1. The summed E-state index contributed by atoms with van der Waals surface area (Å²) in [5.41, 5.74) is 4.24. The molecule has 6 aromatic rings. The first-order valence-corrected chi connectivity index (χ1v) is 10.9. The number of benzene rings is 3. The van der Waals surface area contributed by atoms with Gasteiger partial charge in [0.15, 0.2) is 0 Å². The number of nitrogens with zero attached hydrogens (tertiary/aromatic N) is 4. The van der Waals surface area contributed by atoms with Crippen LogP contribution in [0.25, 0.3) is 32.6 Å². The fourth-order valence-corrected chi connectivity index (χ4v) is 3.43. The summed E-state index contributed by atoms with van der Waals surface area (Å²) in [6.45, 7) is 5.91. The number of aryl methyl sites for hydroxylation is 3. The van der Waals surface area contributed by atoms with Crippen LogP contribution < -0.4 is 0 Å². The van der Waals surface area contributed by atoms with Crippen molar-refractivity contribution in [3.8, 4) is 0 Å². The molecular formula is C29H26N4. The van der Waals surface area contributed by atoms with Crippen LogP contribution in [0.15, 0.2) is 103 Å². The Morgan fingerprint density at radius 1 is 0.455 bits per heavy atom. The lowest BCUT2D eigenvalue weighted by Gasteiger charge is -1.96. The van der Waals surface area contributed by atoms with E-state index in [4.69, 9.17) is 0 Å². The molecule has 0 spiro atoms. The molecule has 4 heteroatoms. The molecule has 0 amide bonds. The number of hydrogen-bond acceptors (Lipinski definition) is 4. The quantitative estimate of drug-likeness (QED) is 0.260. The predicted molar refractivity (Wildman–Crippen MR) is 137 cm³/mol. The molecular weight excluding hydrogens is 404 g/mol. The molecule has 0 N–H and O–H groups in total. The maximum Gasteiger partial charge on any atom is 0.125 e.